The minimum atomic E-state index is -0.0152. The van der Waals surface area contributed by atoms with E-state index in [1.165, 1.54) is 5.56 Å². The van der Waals surface area contributed by atoms with Crippen LogP contribution in [0.3, 0.4) is 0 Å². The Morgan fingerprint density at radius 1 is 1.36 bits per heavy atom. The lowest BCUT2D eigenvalue weighted by Gasteiger charge is -2.33. The van der Waals surface area contributed by atoms with Crippen molar-refractivity contribution < 1.29 is 5.11 Å². The van der Waals surface area contributed by atoms with Crippen molar-refractivity contribution >= 4 is 5.82 Å². The Balaban J connectivity index is 1.86. The SMILES string of the molecule is C=C(/C=C\C=C/C)CC1CC(c2ccccc2)Nc2c(CO)cnn21. The smallest absolute Gasteiger partial charge is 0.130 e. The van der Waals surface area contributed by atoms with E-state index in [1.54, 1.807) is 6.20 Å². The third kappa shape index (κ3) is 3.91. The predicted octanol–water partition coefficient (Wildman–Crippen LogP) is 4.55. The van der Waals surface area contributed by atoms with E-state index in [1.807, 2.05) is 35.9 Å². The van der Waals surface area contributed by atoms with Gasteiger partial charge in [-0.1, -0.05) is 66.8 Å². The Kier molecular flexibility index (Phi) is 5.51. The van der Waals surface area contributed by atoms with Gasteiger partial charge in [-0.05, 0) is 25.3 Å². The quantitative estimate of drug-likeness (QED) is 0.761. The van der Waals surface area contributed by atoms with Crippen LogP contribution >= 0.6 is 0 Å². The van der Waals surface area contributed by atoms with E-state index in [0.29, 0.717) is 0 Å². The summed E-state index contributed by atoms with van der Waals surface area (Å²) >= 11 is 0. The van der Waals surface area contributed by atoms with Gasteiger partial charge in [-0.2, -0.15) is 5.10 Å². The molecular formula is C21H25N3O. The molecule has 2 unspecified atom stereocenters. The highest BCUT2D eigenvalue weighted by Crippen LogP contribution is 2.39. The zero-order chi connectivity index (χ0) is 17.6. The average molecular weight is 335 g/mol. The van der Waals surface area contributed by atoms with Crippen molar-refractivity contribution in [2.24, 2.45) is 0 Å². The van der Waals surface area contributed by atoms with Crippen LogP contribution in [0.4, 0.5) is 5.82 Å². The second-order valence-corrected chi connectivity index (χ2v) is 6.37. The molecule has 0 amide bonds. The van der Waals surface area contributed by atoms with Crippen LogP contribution in [0.5, 0.6) is 0 Å². The van der Waals surface area contributed by atoms with Crippen LogP contribution in [0.25, 0.3) is 0 Å². The normalized spacial score (nSPS) is 19.9. The molecule has 0 radical (unpaired) electrons. The summed E-state index contributed by atoms with van der Waals surface area (Å²) in [5.74, 6) is 0.915. The number of aliphatic hydroxyl groups excluding tert-OH is 1. The van der Waals surface area contributed by atoms with E-state index in [0.717, 1.165) is 29.8 Å². The highest BCUT2D eigenvalue weighted by atomic mass is 16.3. The van der Waals surface area contributed by atoms with Gasteiger partial charge in [0, 0.05) is 5.56 Å². The van der Waals surface area contributed by atoms with E-state index in [-0.39, 0.29) is 18.7 Å². The molecule has 130 valence electrons. The van der Waals surface area contributed by atoms with Gasteiger partial charge in [0.1, 0.15) is 5.82 Å². The maximum absolute atomic E-state index is 9.62. The minimum Gasteiger partial charge on any atom is -0.391 e. The van der Waals surface area contributed by atoms with Gasteiger partial charge in [-0.25, -0.2) is 4.68 Å². The highest BCUT2D eigenvalue weighted by Gasteiger charge is 2.29. The predicted molar refractivity (Wildman–Crippen MR) is 102 cm³/mol. The maximum atomic E-state index is 9.62. The van der Waals surface area contributed by atoms with Crippen molar-refractivity contribution in [2.45, 2.75) is 38.5 Å². The molecular weight excluding hydrogens is 310 g/mol. The van der Waals surface area contributed by atoms with E-state index < -0.39 is 0 Å². The summed E-state index contributed by atoms with van der Waals surface area (Å²) in [4.78, 5) is 0. The third-order valence-corrected chi connectivity index (χ3v) is 4.54. The number of allylic oxidation sites excluding steroid dienone is 5. The molecule has 0 saturated heterocycles. The first-order valence-corrected chi connectivity index (χ1v) is 8.68. The second kappa shape index (κ2) is 7.99. The summed E-state index contributed by atoms with van der Waals surface area (Å²) in [5, 5.41) is 17.7. The second-order valence-electron chi connectivity index (χ2n) is 6.37. The number of anilines is 1. The van der Waals surface area contributed by atoms with Crippen LogP contribution in [0, 0.1) is 0 Å². The Bertz CT molecular complexity index is 774. The van der Waals surface area contributed by atoms with Gasteiger partial charge in [0.2, 0.25) is 0 Å². The van der Waals surface area contributed by atoms with Crippen LogP contribution in [-0.2, 0) is 6.61 Å². The molecule has 1 aliphatic rings. The lowest BCUT2D eigenvalue weighted by molar-refractivity contribution is 0.281. The molecule has 2 atom stereocenters. The molecule has 0 saturated carbocycles. The highest BCUT2D eigenvalue weighted by molar-refractivity contribution is 5.48. The van der Waals surface area contributed by atoms with Crippen LogP contribution < -0.4 is 5.32 Å². The average Bonchev–Trinajstić information content (AvgIpc) is 3.06. The monoisotopic (exact) mass is 335 g/mol. The fourth-order valence-corrected chi connectivity index (χ4v) is 3.29. The van der Waals surface area contributed by atoms with Gasteiger partial charge in [0.15, 0.2) is 0 Å². The Morgan fingerprint density at radius 3 is 2.88 bits per heavy atom. The standard InChI is InChI=1S/C21H25N3O/c1-3-4-6-9-16(2)12-19-13-20(17-10-7-5-8-11-17)23-21-18(15-25)14-22-24(19)21/h3-11,14,19-20,23,25H,2,12-13,15H2,1H3/b4-3-,9-6-. The summed E-state index contributed by atoms with van der Waals surface area (Å²) in [6, 6.07) is 10.8. The number of nitrogens with zero attached hydrogens (tertiary/aromatic N) is 2. The van der Waals surface area contributed by atoms with Crippen LogP contribution in [0.1, 0.15) is 43.0 Å². The first kappa shape index (κ1) is 17.2. The number of rotatable bonds is 6. The molecule has 3 rings (SSSR count). The van der Waals surface area contributed by atoms with Crippen molar-refractivity contribution in [3.05, 3.63) is 84.1 Å². The molecule has 0 fully saturated rings. The summed E-state index contributed by atoms with van der Waals surface area (Å²) < 4.78 is 2.00. The number of hydrogen-bond donors (Lipinski definition) is 2. The van der Waals surface area contributed by atoms with E-state index in [2.05, 4.69) is 47.3 Å². The number of benzene rings is 1. The van der Waals surface area contributed by atoms with Crippen molar-refractivity contribution in [2.75, 3.05) is 5.32 Å². The lowest BCUT2D eigenvalue weighted by atomic mass is 9.93. The molecule has 4 heteroatoms. The minimum absolute atomic E-state index is 0.0152. The molecule has 1 aliphatic heterocycles. The lowest BCUT2D eigenvalue weighted by Crippen LogP contribution is -2.27. The first-order valence-electron chi connectivity index (χ1n) is 8.68. The third-order valence-electron chi connectivity index (χ3n) is 4.54. The largest absolute Gasteiger partial charge is 0.391 e. The van der Waals surface area contributed by atoms with E-state index >= 15 is 0 Å². The molecule has 1 aromatic carbocycles. The Morgan fingerprint density at radius 2 is 2.16 bits per heavy atom. The van der Waals surface area contributed by atoms with E-state index in [9.17, 15) is 5.11 Å². The zero-order valence-corrected chi connectivity index (χ0v) is 14.6. The van der Waals surface area contributed by atoms with E-state index in [4.69, 9.17) is 0 Å². The van der Waals surface area contributed by atoms with Gasteiger partial charge in [0.05, 0.1) is 24.9 Å². The Hall–Kier alpha value is -2.59. The molecule has 2 aromatic rings. The Labute approximate surface area is 149 Å². The van der Waals surface area contributed by atoms with Crippen molar-refractivity contribution in [3.63, 3.8) is 0 Å². The molecule has 4 nitrogen and oxygen atoms in total. The zero-order valence-electron chi connectivity index (χ0n) is 14.6. The topological polar surface area (TPSA) is 50.1 Å². The van der Waals surface area contributed by atoms with Gasteiger partial charge >= 0.3 is 0 Å². The van der Waals surface area contributed by atoms with Crippen LogP contribution in [0.15, 0.2) is 73.0 Å². The molecule has 2 N–H and O–H groups in total. The number of nitrogens with one attached hydrogen (secondary N) is 1. The van der Waals surface area contributed by atoms with Crippen LogP contribution in [-0.4, -0.2) is 14.9 Å². The molecule has 25 heavy (non-hydrogen) atoms. The molecule has 2 heterocycles. The maximum Gasteiger partial charge on any atom is 0.130 e. The van der Waals surface area contributed by atoms with Crippen LogP contribution in [0.2, 0.25) is 0 Å². The fraction of sp³-hybridized carbons (Fsp3) is 0.286. The van der Waals surface area contributed by atoms with Crippen molar-refractivity contribution in [3.8, 4) is 0 Å². The number of aromatic nitrogens is 2. The van der Waals surface area contributed by atoms with Gasteiger partial charge in [-0.15, -0.1) is 0 Å². The number of aliphatic hydroxyl groups is 1. The molecule has 0 bridgehead atoms. The van der Waals surface area contributed by atoms with Gasteiger partial charge in [0.25, 0.3) is 0 Å². The van der Waals surface area contributed by atoms with Gasteiger partial charge < -0.3 is 10.4 Å². The summed E-state index contributed by atoms with van der Waals surface area (Å²) in [6.45, 7) is 6.17. The van der Waals surface area contributed by atoms with Gasteiger partial charge in [-0.3, -0.25) is 0 Å². The number of hydrogen-bond acceptors (Lipinski definition) is 3. The first-order chi connectivity index (χ1) is 12.2. The molecule has 0 spiro atoms. The molecule has 0 aliphatic carbocycles. The summed E-state index contributed by atoms with van der Waals surface area (Å²) in [5.41, 5.74) is 3.16. The van der Waals surface area contributed by atoms with Crippen molar-refractivity contribution in [1.82, 2.24) is 9.78 Å². The number of fused-ring (bicyclic) bond motifs is 1. The molecule has 1 aromatic heterocycles. The summed E-state index contributed by atoms with van der Waals surface area (Å²) in [7, 11) is 0. The summed E-state index contributed by atoms with van der Waals surface area (Å²) in [6.07, 6.45) is 11.6. The van der Waals surface area contributed by atoms with Crippen molar-refractivity contribution in [1.29, 1.82) is 0 Å². The fourth-order valence-electron chi connectivity index (χ4n) is 3.29.